The lowest BCUT2D eigenvalue weighted by molar-refractivity contribution is -0.137. The van der Waals surface area contributed by atoms with Gasteiger partial charge in [0.1, 0.15) is 0 Å². The van der Waals surface area contributed by atoms with Crippen molar-refractivity contribution < 1.29 is 22.5 Å². The van der Waals surface area contributed by atoms with Crippen LogP contribution < -0.4 is 5.32 Å². The minimum Gasteiger partial charge on any atom is -0.355 e. The van der Waals surface area contributed by atoms with Gasteiger partial charge < -0.3 is 9.84 Å². The summed E-state index contributed by atoms with van der Waals surface area (Å²) < 4.78 is 43.1. The fourth-order valence-electron chi connectivity index (χ4n) is 3.24. The second-order valence-electron chi connectivity index (χ2n) is 6.78. The van der Waals surface area contributed by atoms with Crippen molar-refractivity contribution in [2.45, 2.75) is 31.0 Å². The highest BCUT2D eigenvalue weighted by molar-refractivity contribution is 5.93. The molecule has 0 aliphatic heterocycles. The van der Waals surface area contributed by atoms with E-state index in [1.807, 2.05) is 0 Å². The molecule has 0 saturated heterocycles. The first-order valence-corrected chi connectivity index (χ1v) is 8.75. The van der Waals surface area contributed by atoms with Crippen molar-refractivity contribution in [1.82, 2.24) is 15.5 Å². The van der Waals surface area contributed by atoms with Crippen LogP contribution in [0.1, 0.15) is 40.4 Å². The van der Waals surface area contributed by atoms with Crippen molar-refractivity contribution in [3.05, 3.63) is 71.7 Å². The Morgan fingerprint density at radius 1 is 1.14 bits per heavy atom. The highest BCUT2D eigenvalue weighted by Gasteiger charge is 2.34. The Kier molecular flexibility index (Phi) is 4.62. The number of alkyl halides is 3. The van der Waals surface area contributed by atoms with E-state index in [9.17, 15) is 18.0 Å². The van der Waals surface area contributed by atoms with E-state index in [1.54, 1.807) is 30.6 Å². The van der Waals surface area contributed by atoms with Gasteiger partial charge in [-0.2, -0.15) is 13.2 Å². The summed E-state index contributed by atoms with van der Waals surface area (Å²) >= 11 is 0. The van der Waals surface area contributed by atoms with Crippen molar-refractivity contribution in [2.24, 2.45) is 0 Å². The van der Waals surface area contributed by atoms with Gasteiger partial charge >= 0.3 is 6.18 Å². The molecule has 1 aromatic carbocycles. The monoisotopic (exact) mass is 387 g/mol. The van der Waals surface area contributed by atoms with Gasteiger partial charge in [0.25, 0.3) is 5.91 Å². The third-order valence-electron chi connectivity index (χ3n) is 4.87. The number of amides is 1. The van der Waals surface area contributed by atoms with Gasteiger partial charge in [-0.3, -0.25) is 9.78 Å². The van der Waals surface area contributed by atoms with E-state index in [0.717, 1.165) is 23.3 Å². The van der Waals surface area contributed by atoms with Crippen molar-refractivity contribution in [2.75, 3.05) is 0 Å². The van der Waals surface area contributed by atoms with Crippen LogP contribution in [0.2, 0.25) is 0 Å². The average Bonchev–Trinajstić information content (AvgIpc) is 3.15. The molecule has 1 amide bonds. The number of pyridine rings is 1. The van der Waals surface area contributed by atoms with Crippen LogP contribution in [0.3, 0.4) is 0 Å². The Labute approximate surface area is 158 Å². The lowest BCUT2D eigenvalue weighted by Gasteiger charge is -2.36. The maximum atomic E-state index is 12.6. The lowest BCUT2D eigenvalue weighted by atomic mass is 9.75. The Morgan fingerprint density at radius 2 is 1.89 bits per heavy atom. The van der Waals surface area contributed by atoms with Gasteiger partial charge in [-0.25, -0.2) is 0 Å². The molecule has 4 rings (SSSR count). The Morgan fingerprint density at radius 3 is 2.54 bits per heavy atom. The fourth-order valence-corrected chi connectivity index (χ4v) is 3.24. The molecule has 28 heavy (non-hydrogen) atoms. The molecule has 1 saturated carbocycles. The molecule has 5 nitrogen and oxygen atoms in total. The average molecular weight is 387 g/mol. The molecule has 144 valence electrons. The van der Waals surface area contributed by atoms with Crippen LogP contribution >= 0.6 is 0 Å². The van der Waals surface area contributed by atoms with Crippen LogP contribution in [-0.4, -0.2) is 22.1 Å². The Hall–Kier alpha value is -3.16. The van der Waals surface area contributed by atoms with Crippen LogP contribution in [0.4, 0.5) is 13.2 Å². The molecule has 0 bridgehead atoms. The summed E-state index contributed by atoms with van der Waals surface area (Å²) in [7, 11) is 0. The first kappa shape index (κ1) is 18.2. The number of benzene rings is 1. The molecule has 8 heteroatoms. The minimum atomic E-state index is -4.33. The van der Waals surface area contributed by atoms with Gasteiger partial charge in [-0.05, 0) is 48.6 Å². The smallest absolute Gasteiger partial charge is 0.355 e. The van der Waals surface area contributed by atoms with Crippen molar-refractivity contribution in [1.29, 1.82) is 0 Å². The minimum absolute atomic E-state index is 0.0432. The number of hydrogen-bond acceptors (Lipinski definition) is 4. The Balaban J connectivity index is 1.32. The van der Waals surface area contributed by atoms with Crippen LogP contribution in [-0.2, 0) is 6.18 Å². The molecule has 3 aromatic rings. The highest BCUT2D eigenvalue weighted by Crippen LogP contribution is 2.38. The standard InChI is InChI=1S/C20H16F3N3O2/c21-20(22,23)15-5-3-12(4-6-15)14-8-16(9-14)25-19(27)17-10-18(28-26-17)13-2-1-7-24-11-13/h1-7,10-11,14,16H,8-9H2,(H,25,27). The molecule has 0 unspecified atom stereocenters. The van der Waals surface area contributed by atoms with Crippen LogP contribution in [0.15, 0.2) is 59.4 Å². The van der Waals surface area contributed by atoms with Gasteiger partial charge in [0.05, 0.1) is 5.56 Å². The van der Waals surface area contributed by atoms with Crippen molar-refractivity contribution in [3.8, 4) is 11.3 Å². The summed E-state index contributed by atoms with van der Waals surface area (Å²) in [6, 6.07) is 10.3. The zero-order valence-electron chi connectivity index (χ0n) is 14.6. The molecule has 2 heterocycles. The van der Waals surface area contributed by atoms with E-state index < -0.39 is 11.7 Å². The van der Waals surface area contributed by atoms with E-state index in [0.29, 0.717) is 18.6 Å². The number of carbonyl (C=O) groups excluding carboxylic acids is 1. The number of hydrogen-bond donors (Lipinski definition) is 1. The van der Waals surface area contributed by atoms with E-state index in [1.165, 1.54) is 12.1 Å². The Bertz CT molecular complexity index is 962. The van der Waals surface area contributed by atoms with Gasteiger partial charge in [-0.15, -0.1) is 0 Å². The third kappa shape index (κ3) is 3.76. The number of aromatic nitrogens is 2. The number of carbonyl (C=O) groups is 1. The van der Waals surface area contributed by atoms with Gasteiger partial charge in [-0.1, -0.05) is 17.3 Å². The molecule has 0 atom stereocenters. The number of halogens is 3. The zero-order valence-corrected chi connectivity index (χ0v) is 14.6. The van der Waals surface area contributed by atoms with E-state index >= 15 is 0 Å². The van der Waals surface area contributed by atoms with Gasteiger partial charge in [0.15, 0.2) is 11.5 Å². The van der Waals surface area contributed by atoms with Gasteiger partial charge in [0, 0.05) is 30.1 Å². The zero-order chi connectivity index (χ0) is 19.7. The predicted molar refractivity (Wildman–Crippen MR) is 94.4 cm³/mol. The topological polar surface area (TPSA) is 68.0 Å². The van der Waals surface area contributed by atoms with E-state index in [-0.39, 0.29) is 23.6 Å². The maximum absolute atomic E-state index is 12.6. The third-order valence-corrected chi connectivity index (χ3v) is 4.87. The summed E-state index contributed by atoms with van der Waals surface area (Å²) in [5.41, 5.74) is 1.09. The predicted octanol–water partition coefficient (Wildman–Crippen LogP) is 4.43. The molecule has 1 N–H and O–H groups in total. The second-order valence-corrected chi connectivity index (χ2v) is 6.78. The van der Waals surface area contributed by atoms with Crippen molar-refractivity contribution >= 4 is 5.91 Å². The molecular formula is C20H16F3N3O2. The molecule has 1 aliphatic rings. The number of rotatable bonds is 4. The van der Waals surface area contributed by atoms with Crippen LogP contribution in [0, 0.1) is 0 Å². The summed E-state index contributed by atoms with van der Waals surface area (Å²) in [4.78, 5) is 16.3. The molecular weight excluding hydrogens is 371 g/mol. The largest absolute Gasteiger partial charge is 0.416 e. The number of nitrogens with zero attached hydrogens (tertiary/aromatic N) is 2. The van der Waals surface area contributed by atoms with E-state index in [2.05, 4.69) is 15.5 Å². The normalized spacial score (nSPS) is 19.1. The molecule has 2 aromatic heterocycles. The quantitative estimate of drug-likeness (QED) is 0.719. The summed E-state index contributed by atoms with van der Waals surface area (Å²) in [6.07, 6.45) is 0.260. The summed E-state index contributed by atoms with van der Waals surface area (Å²) in [5.74, 6) is 0.250. The van der Waals surface area contributed by atoms with Gasteiger partial charge in [0.2, 0.25) is 0 Å². The lowest BCUT2D eigenvalue weighted by Crippen LogP contribution is -2.43. The second kappa shape index (κ2) is 7.10. The molecule has 0 spiro atoms. The molecule has 0 radical (unpaired) electrons. The highest BCUT2D eigenvalue weighted by atomic mass is 19.4. The van der Waals surface area contributed by atoms with E-state index in [4.69, 9.17) is 4.52 Å². The van der Waals surface area contributed by atoms with Crippen LogP contribution in [0.5, 0.6) is 0 Å². The molecule has 1 fully saturated rings. The first-order chi connectivity index (χ1) is 13.4. The summed E-state index contributed by atoms with van der Waals surface area (Å²) in [5, 5.41) is 6.67. The summed E-state index contributed by atoms with van der Waals surface area (Å²) in [6.45, 7) is 0. The first-order valence-electron chi connectivity index (χ1n) is 8.75. The SMILES string of the molecule is O=C(NC1CC(c2ccc(C(F)(F)F)cc2)C1)c1cc(-c2cccnc2)on1. The number of nitrogens with one attached hydrogen (secondary N) is 1. The fraction of sp³-hybridized carbons (Fsp3) is 0.250. The maximum Gasteiger partial charge on any atom is 0.416 e. The van der Waals surface area contributed by atoms with Crippen LogP contribution in [0.25, 0.3) is 11.3 Å². The van der Waals surface area contributed by atoms with Crippen molar-refractivity contribution in [3.63, 3.8) is 0 Å². The molecule has 1 aliphatic carbocycles.